The molecule has 158 valence electrons. The Morgan fingerprint density at radius 3 is 2.65 bits per heavy atom. The highest BCUT2D eigenvalue weighted by atomic mass is 19.2. The molecule has 1 amide bonds. The normalized spacial score (nSPS) is 21.0. The maximum Gasteiger partial charge on any atom is 0.272 e. The third kappa shape index (κ3) is 3.13. The lowest BCUT2D eigenvalue weighted by molar-refractivity contribution is 0.0571. The molecule has 5 nitrogen and oxygen atoms in total. The van der Waals surface area contributed by atoms with Crippen molar-refractivity contribution in [3.05, 3.63) is 99.2 Å². The Bertz CT molecular complexity index is 1240. The van der Waals surface area contributed by atoms with Crippen molar-refractivity contribution in [3.63, 3.8) is 0 Å². The van der Waals surface area contributed by atoms with Gasteiger partial charge in [0, 0.05) is 24.1 Å². The number of carbonyl (C=O) groups excluding carboxylic acids is 1. The van der Waals surface area contributed by atoms with Crippen molar-refractivity contribution >= 4 is 5.91 Å². The van der Waals surface area contributed by atoms with Crippen molar-refractivity contribution < 1.29 is 18.0 Å². The van der Waals surface area contributed by atoms with Crippen molar-refractivity contribution in [3.8, 4) is 0 Å². The molecule has 0 unspecified atom stereocenters. The van der Waals surface area contributed by atoms with Gasteiger partial charge in [0.1, 0.15) is 11.5 Å². The fourth-order valence-corrected chi connectivity index (χ4v) is 4.91. The fraction of sp³-hybridized carbons (Fsp3) is 0.261. The molecule has 0 radical (unpaired) electrons. The Hall–Kier alpha value is -3.42. The zero-order valence-corrected chi connectivity index (χ0v) is 16.3. The number of rotatable bonds is 3. The van der Waals surface area contributed by atoms with Crippen LogP contribution in [0.25, 0.3) is 0 Å². The summed E-state index contributed by atoms with van der Waals surface area (Å²) in [5.41, 5.74) is 0.148. The van der Waals surface area contributed by atoms with E-state index in [1.165, 1.54) is 41.1 Å². The summed E-state index contributed by atoms with van der Waals surface area (Å²) in [5.74, 6) is -3.70. The summed E-state index contributed by atoms with van der Waals surface area (Å²) >= 11 is 0. The minimum atomic E-state index is -1.03. The van der Waals surface area contributed by atoms with Gasteiger partial charge in [-0.1, -0.05) is 24.3 Å². The Balaban J connectivity index is 1.79. The minimum Gasteiger partial charge on any atom is -0.332 e. The zero-order valence-electron chi connectivity index (χ0n) is 16.3. The molecule has 5 rings (SSSR count). The predicted molar refractivity (Wildman–Crippen MR) is 106 cm³/mol. The lowest BCUT2D eigenvalue weighted by Crippen LogP contribution is -2.50. The van der Waals surface area contributed by atoms with Gasteiger partial charge >= 0.3 is 0 Å². The van der Waals surface area contributed by atoms with Crippen LogP contribution < -0.4 is 5.43 Å². The van der Waals surface area contributed by atoms with Gasteiger partial charge in [-0.25, -0.2) is 13.2 Å². The molecule has 0 N–H and O–H groups in total. The predicted octanol–water partition coefficient (Wildman–Crippen LogP) is 3.65. The van der Waals surface area contributed by atoms with Crippen LogP contribution in [-0.2, 0) is 0 Å². The van der Waals surface area contributed by atoms with Crippen LogP contribution >= 0.6 is 0 Å². The highest BCUT2D eigenvalue weighted by molar-refractivity contribution is 5.93. The molecule has 8 heteroatoms. The Morgan fingerprint density at radius 2 is 1.84 bits per heavy atom. The van der Waals surface area contributed by atoms with Gasteiger partial charge in [-0.3, -0.25) is 14.3 Å². The molecule has 1 fully saturated rings. The van der Waals surface area contributed by atoms with Crippen molar-refractivity contribution in [2.24, 2.45) is 0 Å². The van der Waals surface area contributed by atoms with E-state index < -0.39 is 34.8 Å². The molecular formula is C23H18F3N3O2. The molecule has 2 aromatic carbocycles. The Morgan fingerprint density at radius 1 is 1.03 bits per heavy atom. The van der Waals surface area contributed by atoms with Crippen LogP contribution in [0.4, 0.5) is 13.2 Å². The highest BCUT2D eigenvalue weighted by Gasteiger charge is 2.47. The van der Waals surface area contributed by atoms with Crippen LogP contribution in [0.15, 0.2) is 59.5 Å². The summed E-state index contributed by atoms with van der Waals surface area (Å²) in [4.78, 5) is 26.6. The Kier molecular flexibility index (Phi) is 4.64. The van der Waals surface area contributed by atoms with Crippen LogP contribution in [0.3, 0.4) is 0 Å². The number of hydrogen-bond acceptors (Lipinski definition) is 3. The second kappa shape index (κ2) is 7.37. The summed E-state index contributed by atoms with van der Waals surface area (Å²) in [7, 11) is 0. The molecule has 3 aromatic rings. The molecule has 1 aromatic heterocycles. The van der Waals surface area contributed by atoms with Gasteiger partial charge in [-0.05, 0) is 36.6 Å². The van der Waals surface area contributed by atoms with Gasteiger partial charge in [-0.2, -0.15) is 5.10 Å². The van der Waals surface area contributed by atoms with Crippen LogP contribution in [0.5, 0.6) is 0 Å². The highest BCUT2D eigenvalue weighted by Crippen LogP contribution is 2.45. The molecule has 3 heterocycles. The average Bonchev–Trinajstić information content (AvgIpc) is 3.24. The van der Waals surface area contributed by atoms with Crippen LogP contribution in [0.2, 0.25) is 0 Å². The van der Waals surface area contributed by atoms with Crippen molar-refractivity contribution in [2.75, 3.05) is 6.54 Å². The third-order valence-electron chi connectivity index (χ3n) is 6.16. The largest absolute Gasteiger partial charge is 0.332 e. The average molecular weight is 425 g/mol. The number of nitrogens with zero attached hydrogens (tertiary/aromatic N) is 3. The van der Waals surface area contributed by atoms with E-state index in [1.807, 2.05) is 0 Å². The second-order valence-corrected chi connectivity index (χ2v) is 7.90. The van der Waals surface area contributed by atoms with Crippen LogP contribution in [0.1, 0.15) is 46.4 Å². The van der Waals surface area contributed by atoms with Crippen molar-refractivity contribution in [1.29, 1.82) is 0 Å². The standard InChI is InChI=1S/C23H18F3N3O2/c24-14-5-1-4-13(10-14)20(16-6-2-7-17(25)21(16)26)22-18-8-3-9-28(18)23(31)19-11-15(30)12-27-29(19)22/h1-2,4-7,10-12,18,20,22H,3,8-9H2/t18-,20-,22-/m1/s1. The number of carbonyl (C=O) groups is 1. The molecule has 2 aliphatic rings. The Labute approximate surface area is 175 Å². The molecule has 0 bridgehead atoms. The first-order valence-corrected chi connectivity index (χ1v) is 10.0. The molecule has 0 saturated carbocycles. The number of hydrogen-bond donors (Lipinski definition) is 0. The quantitative estimate of drug-likeness (QED) is 0.644. The molecular weight excluding hydrogens is 407 g/mol. The van der Waals surface area contributed by atoms with Crippen molar-refractivity contribution in [2.45, 2.75) is 30.8 Å². The van der Waals surface area contributed by atoms with Gasteiger partial charge in [0.15, 0.2) is 11.6 Å². The summed E-state index contributed by atoms with van der Waals surface area (Å²) in [6, 6.07) is 9.82. The first-order valence-electron chi connectivity index (χ1n) is 10.0. The molecule has 2 aliphatic heterocycles. The first-order chi connectivity index (χ1) is 15.0. The van der Waals surface area contributed by atoms with Crippen molar-refractivity contribution in [1.82, 2.24) is 14.7 Å². The van der Waals surface area contributed by atoms with E-state index in [0.29, 0.717) is 18.5 Å². The summed E-state index contributed by atoms with van der Waals surface area (Å²) in [5, 5.41) is 4.20. The van der Waals surface area contributed by atoms with Gasteiger partial charge in [-0.15, -0.1) is 0 Å². The number of fused-ring (bicyclic) bond motifs is 2. The smallest absolute Gasteiger partial charge is 0.272 e. The summed E-state index contributed by atoms with van der Waals surface area (Å²) in [6.07, 6.45) is 2.46. The molecule has 0 aliphatic carbocycles. The molecule has 0 spiro atoms. The van der Waals surface area contributed by atoms with E-state index in [4.69, 9.17) is 0 Å². The molecule has 3 atom stereocenters. The first kappa shape index (κ1) is 19.5. The third-order valence-corrected chi connectivity index (χ3v) is 6.16. The SMILES string of the molecule is O=C1c2cc(=O)cnn2[C@@H]([C@H](c2cccc(F)c2)c2cccc(F)c2F)[C@H]2CCCN12. The van der Waals surface area contributed by atoms with Gasteiger partial charge < -0.3 is 4.90 Å². The summed E-state index contributed by atoms with van der Waals surface area (Å²) < 4.78 is 44.8. The fourth-order valence-electron chi connectivity index (χ4n) is 4.91. The summed E-state index contributed by atoms with van der Waals surface area (Å²) in [6.45, 7) is 0.491. The maximum atomic E-state index is 15.0. The number of aromatic nitrogens is 2. The molecule has 31 heavy (non-hydrogen) atoms. The monoisotopic (exact) mass is 425 g/mol. The van der Waals surface area contributed by atoms with E-state index in [0.717, 1.165) is 18.7 Å². The lowest BCUT2D eigenvalue weighted by Gasteiger charge is -2.42. The van der Waals surface area contributed by atoms with E-state index in [-0.39, 0.29) is 23.2 Å². The number of halogens is 3. The van der Waals surface area contributed by atoms with E-state index in [9.17, 15) is 18.4 Å². The van der Waals surface area contributed by atoms with Crippen LogP contribution in [-0.4, -0.2) is 33.2 Å². The minimum absolute atomic E-state index is 0.0447. The van der Waals surface area contributed by atoms with Gasteiger partial charge in [0.05, 0.1) is 18.3 Å². The lowest BCUT2D eigenvalue weighted by atomic mass is 9.79. The van der Waals surface area contributed by atoms with E-state index in [2.05, 4.69) is 5.10 Å². The van der Waals surface area contributed by atoms with E-state index in [1.54, 1.807) is 11.0 Å². The van der Waals surface area contributed by atoms with Crippen LogP contribution in [0, 0.1) is 17.5 Å². The maximum absolute atomic E-state index is 15.0. The second-order valence-electron chi connectivity index (χ2n) is 7.90. The number of benzene rings is 2. The zero-order chi connectivity index (χ0) is 21.7. The molecule has 1 saturated heterocycles. The van der Waals surface area contributed by atoms with E-state index >= 15 is 4.39 Å². The topological polar surface area (TPSA) is 55.2 Å². The number of amides is 1. The van der Waals surface area contributed by atoms with Gasteiger partial charge in [0.25, 0.3) is 5.91 Å². The van der Waals surface area contributed by atoms with Gasteiger partial charge in [0.2, 0.25) is 5.43 Å².